The third-order valence-corrected chi connectivity index (χ3v) is 8.58. The molecule has 0 spiro atoms. The van der Waals surface area contributed by atoms with E-state index in [1.54, 1.807) is 50.2 Å². The van der Waals surface area contributed by atoms with Crippen LogP contribution in [0.4, 0.5) is 14.6 Å². The first-order chi connectivity index (χ1) is 20.8. The van der Waals surface area contributed by atoms with Crippen LogP contribution in [-0.4, -0.2) is 78.7 Å². The van der Waals surface area contributed by atoms with E-state index in [0.29, 0.717) is 10.8 Å². The maximum atomic E-state index is 14.8. The zero-order valence-corrected chi connectivity index (χ0v) is 24.7. The second-order valence-corrected chi connectivity index (χ2v) is 12.2. The SMILES string of the molecule is CC(C)OC(=O)[C@H](C)NP(=O)(OC[C@@]1(C(F)F)O[C@@H](n2cnc3c(N)ncnc32)[C@H](O)[C@H]1O)Oc1cccc2ccccc12. The summed E-state index contributed by atoms with van der Waals surface area (Å²) in [6, 6.07) is 10.6. The Morgan fingerprint density at radius 3 is 2.61 bits per heavy atom. The van der Waals surface area contributed by atoms with Gasteiger partial charge in [-0.25, -0.2) is 28.3 Å². The Morgan fingerprint density at radius 1 is 1.16 bits per heavy atom. The molecule has 1 fully saturated rings. The van der Waals surface area contributed by atoms with Gasteiger partial charge in [-0.1, -0.05) is 36.4 Å². The zero-order chi connectivity index (χ0) is 31.8. The number of imidazole rings is 1. The highest BCUT2D eigenvalue weighted by Gasteiger charge is 2.61. The number of hydrogen-bond donors (Lipinski definition) is 4. The third-order valence-electron chi connectivity index (χ3n) is 6.97. The number of aliphatic hydroxyl groups is 2. The number of anilines is 1. The van der Waals surface area contributed by atoms with Gasteiger partial charge in [-0.15, -0.1) is 0 Å². The minimum Gasteiger partial charge on any atom is -0.462 e. The summed E-state index contributed by atoms with van der Waals surface area (Å²) in [5, 5.41) is 25.4. The van der Waals surface area contributed by atoms with Crippen molar-refractivity contribution < 1.29 is 46.9 Å². The summed E-state index contributed by atoms with van der Waals surface area (Å²) < 4.78 is 66.9. The summed E-state index contributed by atoms with van der Waals surface area (Å²) in [4.78, 5) is 24.4. The Bertz CT molecular complexity index is 1700. The van der Waals surface area contributed by atoms with E-state index >= 15 is 0 Å². The van der Waals surface area contributed by atoms with E-state index in [-0.39, 0.29) is 22.7 Å². The minimum atomic E-state index is -4.72. The van der Waals surface area contributed by atoms with Gasteiger partial charge in [-0.05, 0) is 32.2 Å². The molecule has 0 saturated carbocycles. The number of carbonyl (C=O) groups is 1. The minimum absolute atomic E-state index is 0.00653. The van der Waals surface area contributed by atoms with Gasteiger partial charge in [0.1, 0.15) is 35.8 Å². The number of ether oxygens (including phenoxy) is 2. The average molecular weight is 637 g/mol. The molecule has 0 bridgehead atoms. The van der Waals surface area contributed by atoms with E-state index in [1.165, 1.54) is 13.0 Å². The van der Waals surface area contributed by atoms with Crippen molar-refractivity contribution >= 4 is 41.5 Å². The molecule has 1 saturated heterocycles. The molecule has 14 nitrogen and oxygen atoms in total. The number of nitrogen functional groups attached to an aromatic ring is 1. The first kappa shape index (κ1) is 31.6. The van der Waals surface area contributed by atoms with Crippen molar-refractivity contribution in [3.05, 3.63) is 55.1 Å². The Balaban J connectivity index is 1.47. The van der Waals surface area contributed by atoms with Crippen molar-refractivity contribution in [2.24, 2.45) is 0 Å². The highest BCUT2D eigenvalue weighted by molar-refractivity contribution is 7.52. The number of aromatic nitrogens is 4. The Morgan fingerprint density at radius 2 is 1.89 bits per heavy atom. The fourth-order valence-electron chi connectivity index (χ4n) is 4.75. The van der Waals surface area contributed by atoms with E-state index in [0.717, 1.165) is 17.2 Å². The first-order valence-corrected chi connectivity index (χ1v) is 15.0. The molecule has 1 aliphatic rings. The molecule has 2 aromatic heterocycles. The molecule has 5 rings (SSSR count). The van der Waals surface area contributed by atoms with Crippen LogP contribution < -0.4 is 15.3 Å². The number of carbonyl (C=O) groups excluding carboxylic acids is 1. The van der Waals surface area contributed by atoms with Crippen LogP contribution >= 0.6 is 7.75 Å². The van der Waals surface area contributed by atoms with Gasteiger partial charge in [0.15, 0.2) is 23.3 Å². The predicted octanol–water partition coefficient (Wildman–Crippen LogP) is 2.95. The van der Waals surface area contributed by atoms with Gasteiger partial charge in [0, 0.05) is 5.39 Å². The lowest BCUT2D eigenvalue weighted by atomic mass is 9.96. The number of nitrogens with zero attached hydrogens (tertiary/aromatic N) is 4. The second-order valence-electron chi connectivity index (χ2n) is 10.5. The molecule has 0 radical (unpaired) electrons. The highest BCUT2D eigenvalue weighted by Crippen LogP contribution is 2.50. The zero-order valence-electron chi connectivity index (χ0n) is 23.8. The van der Waals surface area contributed by atoms with Crippen LogP contribution in [0.25, 0.3) is 21.9 Å². The lowest BCUT2D eigenvalue weighted by Gasteiger charge is -2.32. The molecular weight excluding hydrogens is 605 g/mol. The lowest BCUT2D eigenvalue weighted by Crippen LogP contribution is -2.53. The van der Waals surface area contributed by atoms with E-state index in [2.05, 4.69) is 20.0 Å². The number of esters is 1. The molecule has 1 unspecified atom stereocenters. The fraction of sp³-hybridized carbons (Fsp3) is 0.407. The van der Waals surface area contributed by atoms with Gasteiger partial charge >= 0.3 is 13.7 Å². The normalized spacial score (nSPS) is 24.2. The molecule has 4 aromatic rings. The molecule has 44 heavy (non-hydrogen) atoms. The summed E-state index contributed by atoms with van der Waals surface area (Å²) in [5.74, 6) is -0.759. The van der Waals surface area contributed by atoms with Crippen molar-refractivity contribution in [2.45, 2.75) is 63.4 Å². The average Bonchev–Trinajstić information content (AvgIpc) is 3.52. The monoisotopic (exact) mass is 636 g/mol. The smallest absolute Gasteiger partial charge is 0.459 e. The number of fused-ring (bicyclic) bond motifs is 2. The molecule has 6 atom stereocenters. The Hall–Kier alpha value is -3.79. The maximum Gasteiger partial charge on any atom is 0.459 e. The standard InChI is InChI=1S/C27H31F2N6O8P/c1-14(2)41-25(38)15(3)34-44(39,43-18-10-6-8-16-7-4-5-9-17(16)18)40-11-27(26(28)29)21(37)20(36)24(42-27)35-13-33-19-22(30)31-12-32-23(19)35/h4-10,12-15,20-21,24,26,36-37H,11H2,1-3H3,(H,34,39)(H2,30,31,32)/t15-,20+,21+,24+,27+,44?/m0/s1. The van der Waals surface area contributed by atoms with Crippen molar-refractivity contribution in [3.63, 3.8) is 0 Å². The number of hydrogen-bond acceptors (Lipinski definition) is 12. The van der Waals surface area contributed by atoms with Gasteiger partial charge in [0.25, 0.3) is 6.43 Å². The Kier molecular flexibility index (Phi) is 8.84. The maximum absolute atomic E-state index is 14.8. The van der Waals surface area contributed by atoms with Crippen LogP contribution in [0.5, 0.6) is 5.75 Å². The highest BCUT2D eigenvalue weighted by atomic mass is 31.2. The van der Waals surface area contributed by atoms with Crippen LogP contribution in [0.2, 0.25) is 0 Å². The topological polar surface area (TPSA) is 193 Å². The van der Waals surface area contributed by atoms with Crippen LogP contribution in [0.3, 0.4) is 0 Å². The van der Waals surface area contributed by atoms with Crippen molar-refractivity contribution in [3.8, 4) is 5.75 Å². The molecule has 1 aliphatic heterocycles. The van der Waals surface area contributed by atoms with Gasteiger partial charge < -0.3 is 29.9 Å². The van der Waals surface area contributed by atoms with Crippen molar-refractivity contribution in [2.75, 3.05) is 12.3 Å². The molecule has 0 aliphatic carbocycles. The molecule has 2 aromatic carbocycles. The number of aliphatic hydroxyl groups excluding tert-OH is 2. The summed E-state index contributed by atoms with van der Waals surface area (Å²) in [5.41, 5.74) is 3.05. The molecule has 17 heteroatoms. The summed E-state index contributed by atoms with van der Waals surface area (Å²) >= 11 is 0. The van der Waals surface area contributed by atoms with Gasteiger partial charge in [0.05, 0.1) is 19.0 Å². The fourth-order valence-corrected chi connectivity index (χ4v) is 6.30. The number of halogens is 2. The van der Waals surface area contributed by atoms with Crippen LogP contribution in [0.15, 0.2) is 55.1 Å². The quantitative estimate of drug-likeness (QED) is 0.139. The van der Waals surface area contributed by atoms with Gasteiger partial charge in [-0.3, -0.25) is 13.9 Å². The van der Waals surface area contributed by atoms with Crippen LogP contribution in [0.1, 0.15) is 27.0 Å². The number of nitrogens with two attached hydrogens (primary N) is 1. The second kappa shape index (κ2) is 12.3. The molecule has 3 heterocycles. The number of nitrogens with one attached hydrogen (secondary N) is 1. The lowest BCUT2D eigenvalue weighted by molar-refractivity contribution is -0.191. The molecule has 0 amide bonds. The van der Waals surface area contributed by atoms with Gasteiger partial charge in [-0.2, -0.15) is 5.09 Å². The molecule has 5 N–H and O–H groups in total. The number of alkyl halides is 2. The van der Waals surface area contributed by atoms with Crippen LogP contribution in [0, 0.1) is 0 Å². The van der Waals surface area contributed by atoms with E-state index in [9.17, 15) is 28.4 Å². The van der Waals surface area contributed by atoms with Crippen LogP contribution in [-0.2, 0) is 23.4 Å². The van der Waals surface area contributed by atoms with Crippen molar-refractivity contribution in [1.29, 1.82) is 0 Å². The molecular formula is C27H31F2N6O8P. The third kappa shape index (κ3) is 5.96. The summed E-state index contributed by atoms with van der Waals surface area (Å²) in [7, 11) is -4.72. The van der Waals surface area contributed by atoms with E-state index < -0.39 is 62.9 Å². The number of benzene rings is 2. The van der Waals surface area contributed by atoms with E-state index in [4.69, 9.17) is 24.3 Å². The summed E-state index contributed by atoms with van der Waals surface area (Å²) in [6.07, 6.45) is -7.56. The largest absolute Gasteiger partial charge is 0.462 e. The Labute approximate surface area is 249 Å². The first-order valence-electron chi connectivity index (χ1n) is 13.5. The van der Waals surface area contributed by atoms with Gasteiger partial charge in [0.2, 0.25) is 0 Å². The number of rotatable bonds is 11. The predicted molar refractivity (Wildman–Crippen MR) is 153 cm³/mol. The van der Waals surface area contributed by atoms with E-state index in [1.807, 2.05) is 0 Å². The molecule has 236 valence electrons. The summed E-state index contributed by atoms with van der Waals surface area (Å²) in [6.45, 7) is 3.31. The van der Waals surface area contributed by atoms with Crippen molar-refractivity contribution in [1.82, 2.24) is 24.6 Å².